The average molecular weight is 503 g/mol. The highest BCUT2D eigenvalue weighted by molar-refractivity contribution is 6.12. The van der Waals surface area contributed by atoms with Gasteiger partial charge in [0.25, 0.3) is 0 Å². The summed E-state index contributed by atoms with van der Waals surface area (Å²) in [4.78, 5) is 11.6. The van der Waals surface area contributed by atoms with Crippen LogP contribution in [0.5, 0.6) is 0 Å². The second-order valence-corrected chi connectivity index (χ2v) is 9.53. The van der Waals surface area contributed by atoms with Crippen LogP contribution in [0.3, 0.4) is 0 Å². The maximum Gasteiger partial charge on any atom is 0.197 e. The zero-order valence-electron chi connectivity index (χ0n) is 20.9. The number of hydrogen-bond acceptors (Lipinski definition) is 4. The molecule has 3 heterocycles. The number of para-hydroxylation sites is 4. The van der Waals surface area contributed by atoms with E-state index in [0.29, 0.717) is 5.58 Å². The number of fused-ring (bicyclic) bond motifs is 6. The molecule has 0 amide bonds. The Balaban J connectivity index is 1.41. The van der Waals surface area contributed by atoms with Gasteiger partial charge >= 0.3 is 0 Å². The van der Waals surface area contributed by atoms with Gasteiger partial charge < -0.3 is 9.32 Å². The van der Waals surface area contributed by atoms with E-state index in [9.17, 15) is 0 Å². The summed E-state index contributed by atoms with van der Waals surface area (Å²) in [6.07, 6.45) is 1.63. The third kappa shape index (κ3) is 3.33. The molecule has 0 atom stereocenters. The first-order valence-electron chi connectivity index (χ1n) is 12.9. The number of furan rings is 1. The monoisotopic (exact) mass is 502 g/mol. The minimum Gasteiger partial charge on any atom is -0.450 e. The minimum absolute atomic E-state index is 0.681. The number of anilines is 3. The third-order valence-corrected chi connectivity index (χ3v) is 7.29. The Labute approximate surface area is 224 Å². The average Bonchev–Trinajstić information content (AvgIpc) is 3.54. The summed E-state index contributed by atoms with van der Waals surface area (Å²) in [7, 11) is 0. The Bertz CT molecular complexity index is 2090. The zero-order valence-corrected chi connectivity index (χ0v) is 20.9. The third-order valence-electron chi connectivity index (χ3n) is 7.29. The van der Waals surface area contributed by atoms with Gasteiger partial charge in [-0.2, -0.15) is 0 Å². The summed E-state index contributed by atoms with van der Waals surface area (Å²) < 4.78 is 8.52. The van der Waals surface area contributed by atoms with E-state index < -0.39 is 0 Å². The quantitative estimate of drug-likeness (QED) is 0.241. The lowest BCUT2D eigenvalue weighted by Gasteiger charge is -2.25. The summed E-state index contributed by atoms with van der Waals surface area (Å²) in [5.74, 6) is 0.734. The number of hydrogen-bond donors (Lipinski definition) is 0. The van der Waals surface area contributed by atoms with Gasteiger partial charge in [0.05, 0.1) is 11.0 Å². The van der Waals surface area contributed by atoms with Gasteiger partial charge in [-0.05, 0) is 60.7 Å². The van der Waals surface area contributed by atoms with Crippen LogP contribution in [0.1, 0.15) is 0 Å². The van der Waals surface area contributed by atoms with Crippen LogP contribution >= 0.6 is 0 Å². The fraction of sp³-hybridized carbons (Fsp3) is 0. The molecule has 0 aliphatic carbocycles. The van der Waals surface area contributed by atoms with Crippen molar-refractivity contribution in [3.05, 3.63) is 134 Å². The lowest BCUT2D eigenvalue weighted by atomic mass is 10.1. The predicted molar refractivity (Wildman–Crippen MR) is 158 cm³/mol. The molecule has 0 spiro atoms. The molecule has 8 aromatic rings. The van der Waals surface area contributed by atoms with Gasteiger partial charge in [-0.25, -0.2) is 9.97 Å². The summed E-state index contributed by atoms with van der Waals surface area (Å²) in [5.41, 5.74) is 7.71. The predicted octanol–water partition coefficient (Wildman–Crippen LogP) is 8.94. The van der Waals surface area contributed by atoms with Crippen LogP contribution in [0, 0.1) is 0 Å². The van der Waals surface area contributed by atoms with Crippen LogP contribution in [0.25, 0.3) is 49.7 Å². The van der Waals surface area contributed by atoms with Crippen molar-refractivity contribution < 1.29 is 4.42 Å². The zero-order chi connectivity index (χ0) is 25.8. The summed E-state index contributed by atoms with van der Waals surface area (Å²) >= 11 is 0. The highest BCUT2D eigenvalue weighted by Gasteiger charge is 2.21. The van der Waals surface area contributed by atoms with Crippen molar-refractivity contribution in [3.63, 3.8) is 0 Å². The van der Waals surface area contributed by atoms with Crippen LogP contribution in [0.2, 0.25) is 0 Å². The second-order valence-electron chi connectivity index (χ2n) is 9.53. The van der Waals surface area contributed by atoms with Crippen LogP contribution in [-0.2, 0) is 0 Å². The van der Waals surface area contributed by atoms with Crippen molar-refractivity contribution in [1.82, 2.24) is 14.5 Å². The summed E-state index contributed by atoms with van der Waals surface area (Å²) in [5, 5.41) is 3.28. The van der Waals surface area contributed by atoms with Gasteiger partial charge in [0.1, 0.15) is 17.4 Å². The van der Waals surface area contributed by atoms with E-state index in [1.54, 1.807) is 6.33 Å². The largest absolute Gasteiger partial charge is 0.450 e. The van der Waals surface area contributed by atoms with Crippen molar-refractivity contribution in [1.29, 1.82) is 0 Å². The van der Waals surface area contributed by atoms with Gasteiger partial charge in [0.15, 0.2) is 11.4 Å². The van der Waals surface area contributed by atoms with E-state index in [2.05, 4.69) is 105 Å². The van der Waals surface area contributed by atoms with Crippen molar-refractivity contribution >= 4 is 60.9 Å². The molecular weight excluding hydrogens is 480 g/mol. The van der Waals surface area contributed by atoms with Gasteiger partial charge in [-0.15, -0.1) is 0 Å². The molecule has 5 heteroatoms. The van der Waals surface area contributed by atoms with Gasteiger partial charge in [0, 0.05) is 33.2 Å². The van der Waals surface area contributed by atoms with Crippen LogP contribution in [0.4, 0.5) is 17.1 Å². The molecule has 0 radical (unpaired) electrons. The fourth-order valence-corrected chi connectivity index (χ4v) is 5.60. The maximum atomic E-state index is 6.33. The molecule has 0 bridgehead atoms. The molecule has 0 aliphatic rings. The minimum atomic E-state index is 0.681. The van der Waals surface area contributed by atoms with Crippen molar-refractivity contribution in [2.24, 2.45) is 0 Å². The number of aromatic nitrogens is 3. The molecule has 5 nitrogen and oxygen atoms in total. The topological polar surface area (TPSA) is 47.1 Å². The molecule has 0 saturated heterocycles. The van der Waals surface area contributed by atoms with Crippen LogP contribution < -0.4 is 4.90 Å². The van der Waals surface area contributed by atoms with Gasteiger partial charge in [-0.3, -0.25) is 4.57 Å². The van der Waals surface area contributed by atoms with Crippen LogP contribution in [-0.4, -0.2) is 14.5 Å². The van der Waals surface area contributed by atoms with Crippen molar-refractivity contribution in [2.45, 2.75) is 0 Å². The Kier molecular flexibility index (Phi) is 4.76. The highest BCUT2D eigenvalue weighted by Crippen LogP contribution is 2.40. The SMILES string of the molecule is c1ccc(N(c2ccccc2)c2ccc3c(c2)c2ccccc2n3-c2ncnc3c2oc2ccccc23)cc1. The Morgan fingerprint density at radius 3 is 1.95 bits per heavy atom. The number of rotatable bonds is 4. The first-order chi connectivity index (χ1) is 19.4. The molecule has 0 unspecified atom stereocenters. The standard InChI is InChI=1S/C34H22N4O/c1-3-11-23(12-4-1)37(24-13-5-2-6-14-24)25-19-20-30-28(21-25)26-15-7-9-17-29(26)38(30)34-33-32(35-22-36-34)27-16-8-10-18-31(27)39-33/h1-22H. The van der Waals surface area contributed by atoms with Gasteiger partial charge in [0.2, 0.25) is 0 Å². The highest BCUT2D eigenvalue weighted by atomic mass is 16.3. The fourth-order valence-electron chi connectivity index (χ4n) is 5.60. The second kappa shape index (κ2) is 8.57. The van der Waals surface area contributed by atoms with E-state index in [0.717, 1.165) is 61.2 Å². The number of benzene rings is 5. The molecule has 0 aliphatic heterocycles. The molecule has 184 valence electrons. The molecular formula is C34H22N4O. The molecule has 0 fully saturated rings. The molecule has 3 aromatic heterocycles. The molecule has 0 N–H and O–H groups in total. The van der Waals surface area contributed by atoms with Crippen molar-refractivity contribution in [2.75, 3.05) is 4.90 Å². The summed E-state index contributed by atoms with van der Waals surface area (Å²) in [6.45, 7) is 0. The summed E-state index contributed by atoms with van der Waals surface area (Å²) in [6, 6.07) is 44.0. The Morgan fingerprint density at radius 2 is 1.18 bits per heavy atom. The number of nitrogens with zero attached hydrogens (tertiary/aromatic N) is 4. The van der Waals surface area contributed by atoms with E-state index in [4.69, 9.17) is 9.40 Å². The Morgan fingerprint density at radius 1 is 0.538 bits per heavy atom. The normalized spacial score (nSPS) is 11.6. The Hall–Kier alpha value is -5.42. The van der Waals surface area contributed by atoms with E-state index >= 15 is 0 Å². The lowest BCUT2D eigenvalue weighted by Crippen LogP contribution is -2.09. The first-order valence-corrected chi connectivity index (χ1v) is 12.9. The molecule has 5 aromatic carbocycles. The van der Waals surface area contributed by atoms with Crippen molar-refractivity contribution in [3.8, 4) is 5.82 Å². The molecule has 8 rings (SSSR count). The van der Waals surface area contributed by atoms with E-state index in [-0.39, 0.29) is 0 Å². The molecule has 0 saturated carbocycles. The van der Waals surface area contributed by atoms with Gasteiger partial charge in [-0.1, -0.05) is 66.7 Å². The van der Waals surface area contributed by atoms with E-state index in [1.165, 1.54) is 0 Å². The molecule has 39 heavy (non-hydrogen) atoms. The first kappa shape index (κ1) is 21.6. The smallest absolute Gasteiger partial charge is 0.197 e. The lowest BCUT2D eigenvalue weighted by molar-refractivity contribution is 0.662. The van der Waals surface area contributed by atoms with Crippen LogP contribution in [0.15, 0.2) is 138 Å². The maximum absolute atomic E-state index is 6.33. The van der Waals surface area contributed by atoms with E-state index in [1.807, 2.05) is 36.4 Å².